The van der Waals surface area contributed by atoms with Crippen molar-refractivity contribution in [3.05, 3.63) is 46.3 Å². The summed E-state index contributed by atoms with van der Waals surface area (Å²) >= 11 is 1.02. The number of hydrogen-bond acceptors (Lipinski definition) is 5. The summed E-state index contributed by atoms with van der Waals surface area (Å²) in [7, 11) is 3.41. The summed E-state index contributed by atoms with van der Waals surface area (Å²) in [5.41, 5.74) is 2.81. The normalized spacial score (nSPS) is 13.0. The van der Waals surface area contributed by atoms with Gasteiger partial charge in [-0.25, -0.2) is 4.98 Å². The van der Waals surface area contributed by atoms with Gasteiger partial charge < -0.3 is 14.4 Å². The van der Waals surface area contributed by atoms with E-state index in [0.29, 0.717) is 34.3 Å². The molecule has 3 heterocycles. The Balaban J connectivity index is 1.95. The van der Waals surface area contributed by atoms with Crippen molar-refractivity contribution in [3.8, 4) is 27.9 Å². The molecule has 0 fully saturated rings. The molecule has 6 nitrogen and oxygen atoms in total. The van der Waals surface area contributed by atoms with Crippen LogP contribution in [0.3, 0.4) is 0 Å². The number of imidazole rings is 1. The Kier molecular flexibility index (Phi) is 5.99. The molecule has 1 aromatic carbocycles. The van der Waals surface area contributed by atoms with Gasteiger partial charge in [-0.2, -0.15) is 4.39 Å². The highest BCUT2D eigenvalue weighted by Crippen LogP contribution is 2.41. The van der Waals surface area contributed by atoms with Gasteiger partial charge in [0.05, 0.1) is 29.5 Å². The van der Waals surface area contributed by atoms with Crippen molar-refractivity contribution in [3.63, 3.8) is 0 Å². The quantitative estimate of drug-likeness (QED) is 0.493. The molecule has 0 radical (unpaired) electrons. The molecule has 0 spiro atoms. The van der Waals surface area contributed by atoms with E-state index in [1.165, 1.54) is 6.07 Å². The van der Waals surface area contributed by atoms with Crippen LogP contribution in [0.5, 0.6) is 11.5 Å². The summed E-state index contributed by atoms with van der Waals surface area (Å²) in [6.07, 6.45) is 1.34. The van der Waals surface area contributed by atoms with E-state index in [4.69, 9.17) is 14.5 Å². The van der Waals surface area contributed by atoms with Crippen LogP contribution in [0.15, 0.2) is 24.3 Å². The van der Waals surface area contributed by atoms with Crippen LogP contribution in [-0.4, -0.2) is 46.2 Å². The van der Waals surface area contributed by atoms with Crippen molar-refractivity contribution in [2.75, 3.05) is 14.2 Å². The Hall–Kier alpha value is -2.87. The van der Waals surface area contributed by atoms with Crippen LogP contribution in [0.1, 0.15) is 56.4 Å². The number of fused-ring (bicyclic) bond motifs is 3. The second-order valence-corrected chi connectivity index (χ2v) is 10.5. The second kappa shape index (κ2) is 8.48. The lowest BCUT2D eigenvalue weighted by molar-refractivity contribution is 0.0649. The first-order valence-electron chi connectivity index (χ1n) is 11.0. The maximum absolute atomic E-state index is 14.0. The maximum Gasteiger partial charge on any atom is 0.274 e. The largest absolute Gasteiger partial charge is 0.493 e. The van der Waals surface area contributed by atoms with Gasteiger partial charge in [-0.15, -0.1) is 11.3 Å². The van der Waals surface area contributed by atoms with Crippen LogP contribution in [0.2, 0.25) is 0 Å². The van der Waals surface area contributed by atoms with E-state index < -0.39 is 0 Å². The molecule has 0 saturated carbocycles. The van der Waals surface area contributed by atoms with E-state index in [0.717, 1.165) is 34.7 Å². The van der Waals surface area contributed by atoms with E-state index in [-0.39, 0.29) is 22.7 Å². The standard InChI is InChI=1S/C25H30FN3O3S/c1-14(2)32-19-13-17-15(12-18(19)31-7)8-9-16-22(24(30)28(6)25(3,4)5)27-23(29(16)17)20-10-11-21(26)33-20/h10-14H,8-9H2,1-7H3. The van der Waals surface area contributed by atoms with Crippen molar-refractivity contribution in [2.24, 2.45) is 0 Å². The number of hydrogen-bond donors (Lipinski definition) is 0. The van der Waals surface area contributed by atoms with Crippen molar-refractivity contribution in [2.45, 2.75) is 59.1 Å². The predicted octanol–water partition coefficient (Wildman–Crippen LogP) is 5.50. The molecule has 3 aromatic rings. The number of benzene rings is 1. The van der Waals surface area contributed by atoms with E-state index in [9.17, 15) is 9.18 Å². The molecular weight excluding hydrogens is 441 g/mol. The number of aromatic nitrogens is 2. The van der Waals surface area contributed by atoms with Gasteiger partial charge in [0.15, 0.2) is 28.1 Å². The molecule has 0 aliphatic carbocycles. The number of nitrogens with zero attached hydrogens (tertiary/aromatic N) is 3. The van der Waals surface area contributed by atoms with E-state index in [2.05, 4.69) is 0 Å². The summed E-state index contributed by atoms with van der Waals surface area (Å²) in [5, 5.41) is -0.295. The Morgan fingerprint density at radius 1 is 1.21 bits per heavy atom. The Morgan fingerprint density at radius 3 is 2.52 bits per heavy atom. The monoisotopic (exact) mass is 471 g/mol. The fourth-order valence-electron chi connectivity index (χ4n) is 3.94. The molecule has 1 aliphatic rings. The van der Waals surface area contributed by atoms with Gasteiger partial charge in [0.1, 0.15) is 0 Å². The molecular formula is C25H30FN3O3S. The lowest BCUT2D eigenvalue weighted by Gasteiger charge is -2.32. The van der Waals surface area contributed by atoms with E-state index >= 15 is 0 Å². The van der Waals surface area contributed by atoms with Gasteiger partial charge in [0.2, 0.25) is 0 Å². The van der Waals surface area contributed by atoms with Crippen molar-refractivity contribution in [1.29, 1.82) is 0 Å². The minimum absolute atomic E-state index is 0.0359. The first-order valence-corrected chi connectivity index (χ1v) is 11.9. The lowest BCUT2D eigenvalue weighted by Crippen LogP contribution is -2.43. The van der Waals surface area contributed by atoms with Crippen LogP contribution in [0.4, 0.5) is 4.39 Å². The van der Waals surface area contributed by atoms with E-state index in [1.54, 1.807) is 25.1 Å². The zero-order valence-electron chi connectivity index (χ0n) is 20.2. The summed E-state index contributed by atoms with van der Waals surface area (Å²) in [5.74, 6) is 1.70. The smallest absolute Gasteiger partial charge is 0.274 e. The Labute approximate surface area is 198 Å². The number of halogens is 1. The minimum atomic E-state index is -0.360. The SMILES string of the molecule is COc1cc2c(cc1OC(C)C)-n1c(-c3ccc(F)s3)nc(C(=O)N(C)C(C)(C)C)c1CC2. The molecule has 0 N–H and O–H groups in total. The highest BCUT2D eigenvalue weighted by Gasteiger charge is 2.33. The van der Waals surface area contributed by atoms with Crippen molar-refractivity contribution < 1.29 is 18.7 Å². The van der Waals surface area contributed by atoms with E-state index in [1.807, 2.05) is 51.3 Å². The third kappa shape index (κ3) is 4.24. The summed E-state index contributed by atoms with van der Waals surface area (Å²) in [4.78, 5) is 20.6. The number of carbonyl (C=O) groups is 1. The number of ether oxygens (including phenoxy) is 2. The number of rotatable bonds is 5. The molecule has 33 heavy (non-hydrogen) atoms. The number of thiophene rings is 1. The van der Waals surface area contributed by atoms with Gasteiger partial charge in [0.25, 0.3) is 5.91 Å². The number of methoxy groups -OCH3 is 1. The molecule has 0 bridgehead atoms. The zero-order chi connectivity index (χ0) is 24.1. The maximum atomic E-state index is 14.0. The van der Waals surface area contributed by atoms with Crippen LogP contribution in [0.25, 0.3) is 16.4 Å². The van der Waals surface area contributed by atoms with Crippen LogP contribution >= 0.6 is 11.3 Å². The molecule has 0 unspecified atom stereocenters. The van der Waals surface area contributed by atoms with Crippen molar-refractivity contribution >= 4 is 17.2 Å². The average molecular weight is 472 g/mol. The Morgan fingerprint density at radius 2 is 1.94 bits per heavy atom. The van der Waals surface area contributed by atoms with Gasteiger partial charge >= 0.3 is 0 Å². The topological polar surface area (TPSA) is 56.6 Å². The fraction of sp³-hybridized carbons (Fsp3) is 0.440. The number of aryl methyl sites for hydroxylation is 1. The first-order chi connectivity index (χ1) is 15.5. The van der Waals surface area contributed by atoms with Crippen molar-refractivity contribution in [1.82, 2.24) is 14.5 Å². The summed E-state index contributed by atoms with van der Waals surface area (Å²) < 4.78 is 27.5. The Bertz CT molecular complexity index is 1210. The molecule has 8 heteroatoms. The molecule has 176 valence electrons. The first kappa shape index (κ1) is 23.3. The molecule has 0 atom stereocenters. The van der Waals surface area contributed by atoms with Gasteiger partial charge in [-0.3, -0.25) is 9.36 Å². The summed E-state index contributed by atoms with van der Waals surface area (Å²) in [6, 6.07) is 7.06. The fourth-order valence-corrected chi connectivity index (χ4v) is 4.65. The highest BCUT2D eigenvalue weighted by molar-refractivity contribution is 7.13. The van der Waals surface area contributed by atoms with Gasteiger partial charge in [0, 0.05) is 18.7 Å². The second-order valence-electron chi connectivity index (χ2n) is 9.50. The van der Waals surface area contributed by atoms with Crippen LogP contribution < -0.4 is 9.47 Å². The number of amides is 1. The molecule has 0 saturated heterocycles. The average Bonchev–Trinajstić information content (AvgIpc) is 3.34. The highest BCUT2D eigenvalue weighted by atomic mass is 32.1. The molecule has 1 aliphatic heterocycles. The van der Waals surface area contributed by atoms with Gasteiger partial charge in [-0.1, -0.05) is 0 Å². The number of carbonyl (C=O) groups excluding carboxylic acids is 1. The minimum Gasteiger partial charge on any atom is -0.493 e. The molecule has 2 aromatic heterocycles. The third-order valence-electron chi connectivity index (χ3n) is 5.88. The lowest BCUT2D eigenvalue weighted by atomic mass is 9.98. The van der Waals surface area contributed by atoms with Gasteiger partial charge in [-0.05, 0) is 71.2 Å². The zero-order valence-corrected chi connectivity index (χ0v) is 21.0. The third-order valence-corrected chi connectivity index (χ3v) is 6.75. The predicted molar refractivity (Wildman–Crippen MR) is 128 cm³/mol. The molecule has 4 rings (SSSR count). The van der Waals surface area contributed by atoms with Crippen LogP contribution in [0, 0.1) is 5.13 Å². The van der Waals surface area contributed by atoms with Crippen LogP contribution in [-0.2, 0) is 12.8 Å². The summed E-state index contributed by atoms with van der Waals surface area (Å²) in [6.45, 7) is 9.88. The molecule has 1 amide bonds.